The molecule has 2 rings (SSSR count). The average molecular weight is 189 g/mol. The molecular weight excluding hydrogens is 174 g/mol. The second-order valence-corrected chi connectivity index (χ2v) is 3.90. The summed E-state index contributed by atoms with van der Waals surface area (Å²) in [7, 11) is 1.92. The summed E-state index contributed by atoms with van der Waals surface area (Å²) in [5.74, 6) is 1.11. The van der Waals surface area contributed by atoms with Crippen LogP contribution in [0.1, 0.15) is 25.3 Å². The highest BCUT2D eigenvalue weighted by Gasteiger charge is 2.11. The van der Waals surface area contributed by atoms with Crippen molar-refractivity contribution in [1.29, 1.82) is 0 Å². The van der Waals surface area contributed by atoms with Gasteiger partial charge in [-0.1, -0.05) is 26.0 Å². The summed E-state index contributed by atoms with van der Waals surface area (Å²) in [5, 5.41) is 5.33. The van der Waals surface area contributed by atoms with Crippen LogP contribution in [-0.4, -0.2) is 9.78 Å². The van der Waals surface area contributed by atoms with Gasteiger partial charge in [-0.05, 0) is 17.5 Å². The molecular formula is C11H15N3. The quantitative estimate of drug-likeness (QED) is 0.748. The molecule has 3 heteroatoms. The van der Waals surface area contributed by atoms with Crippen LogP contribution in [0.3, 0.4) is 0 Å². The van der Waals surface area contributed by atoms with E-state index in [2.05, 4.69) is 31.1 Å². The number of aromatic nitrogens is 2. The number of nitrogens with zero attached hydrogens (tertiary/aromatic N) is 2. The number of anilines is 1. The van der Waals surface area contributed by atoms with E-state index in [0.717, 1.165) is 10.9 Å². The van der Waals surface area contributed by atoms with Gasteiger partial charge in [0.2, 0.25) is 0 Å². The SMILES string of the molecule is CC(C)c1cccc2c1c(N)nn2C. The lowest BCUT2D eigenvalue weighted by Crippen LogP contribution is -1.91. The number of benzene rings is 1. The minimum absolute atomic E-state index is 0.477. The molecule has 0 aliphatic heterocycles. The fourth-order valence-corrected chi connectivity index (χ4v) is 1.85. The molecule has 0 amide bonds. The van der Waals surface area contributed by atoms with Crippen LogP contribution in [0.2, 0.25) is 0 Å². The Balaban J connectivity index is 2.85. The van der Waals surface area contributed by atoms with Gasteiger partial charge in [-0.25, -0.2) is 0 Å². The summed E-state index contributed by atoms with van der Waals surface area (Å²) in [6, 6.07) is 6.22. The first-order valence-corrected chi connectivity index (χ1v) is 4.82. The van der Waals surface area contributed by atoms with Crippen LogP contribution in [0.4, 0.5) is 5.82 Å². The first-order valence-electron chi connectivity index (χ1n) is 4.82. The Morgan fingerprint density at radius 1 is 1.36 bits per heavy atom. The Hall–Kier alpha value is -1.51. The van der Waals surface area contributed by atoms with E-state index < -0.39 is 0 Å². The predicted octanol–water partition coefficient (Wildman–Crippen LogP) is 2.28. The van der Waals surface area contributed by atoms with Crippen LogP contribution < -0.4 is 5.73 Å². The number of fused-ring (bicyclic) bond motifs is 1. The summed E-state index contributed by atoms with van der Waals surface area (Å²) in [5.41, 5.74) is 8.26. The minimum atomic E-state index is 0.477. The molecule has 1 aromatic heterocycles. The van der Waals surface area contributed by atoms with Crippen molar-refractivity contribution in [2.45, 2.75) is 19.8 Å². The van der Waals surface area contributed by atoms with Crippen molar-refractivity contribution in [3.8, 4) is 0 Å². The lowest BCUT2D eigenvalue weighted by molar-refractivity contribution is 0.802. The number of aryl methyl sites for hydroxylation is 1. The maximum atomic E-state index is 5.88. The largest absolute Gasteiger partial charge is 0.382 e. The summed E-state index contributed by atoms with van der Waals surface area (Å²) in [4.78, 5) is 0. The number of nitrogen functional groups attached to an aromatic ring is 1. The predicted molar refractivity (Wildman–Crippen MR) is 59.2 cm³/mol. The van der Waals surface area contributed by atoms with Crippen molar-refractivity contribution in [1.82, 2.24) is 9.78 Å². The highest BCUT2D eigenvalue weighted by molar-refractivity contribution is 5.92. The van der Waals surface area contributed by atoms with Gasteiger partial charge in [-0.2, -0.15) is 5.10 Å². The third kappa shape index (κ3) is 1.16. The van der Waals surface area contributed by atoms with Gasteiger partial charge in [0.05, 0.1) is 5.52 Å². The van der Waals surface area contributed by atoms with Gasteiger partial charge in [0.25, 0.3) is 0 Å². The summed E-state index contributed by atoms with van der Waals surface area (Å²) in [6.07, 6.45) is 0. The Labute approximate surface area is 83.5 Å². The summed E-state index contributed by atoms with van der Waals surface area (Å²) in [6.45, 7) is 4.34. The normalized spacial score (nSPS) is 11.4. The molecule has 1 aromatic carbocycles. The lowest BCUT2D eigenvalue weighted by atomic mass is 9.99. The number of nitrogens with two attached hydrogens (primary N) is 1. The Morgan fingerprint density at radius 2 is 2.07 bits per heavy atom. The topological polar surface area (TPSA) is 43.8 Å². The van der Waals surface area contributed by atoms with E-state index >= 15 is 0 Å². The molecule has 0 atom stereocenters. The number of hydrogen-bond acceptors (Lipinski definition) is 2. The number of rotatable bonds is 1. The van der Waals surface area contributed by atoms with Crippen molar-refractivity contribution in [3.63, 3.8) is 0 Å². The van der Waals surface area contributed by atoms with E-state index in [0.29, 0.717) is 11.7 Å². The molecule has 3 nitrogen and oxygen atoms in total. The van der Waals surface area contributed by atoms with E-state index in [1.807, 2.05) is 17.8 Å². The van der Waals surface area contributed by atoms with Gasteiger partial charge in [0.1, 0.15) is 0 Å². The van der Waals surface area contributed by atoms with E-state index in [1.54, 1.807) is 0 Å². The molecule has 0 aliphatic rings. The fraction of sp³-hybridized carbons (Fsp3) is 0.364. The highest BCUT2D eigenvalue weighted by Crippen LogP contribution is 2.28. The van der Waals surface area contributed by atoms with Crippen molar-refractivity contribution in [3.05, 3.63) is 23.8 Å². The molecule has 0 radical (unpaired) electrons. The Morgan fingerprint density at radius 3 is 2.71 bits per heavy atom. The molecule has 0 fully saturated rings. The molecule has 0 aliphatic carbocycles. The molecule has 2 N–H and O–H groups in total. The molecule has 0 unspecified atom stereocenters. The van der Waals surface area contributed by atoms with Crippen molar-refractivity contribution in [2.75, 3.05) is 5.73 Å². The van der Waals surface area contributed by atoms with Gasteiger partial charge < -0.3 is 5.73 Å². The third-order valence-electron chi connectivity index (χ3n) is 2.56. The number of hydrogen-bond donors (Lipinski definition) is 1. The zero-order valence-electron chi connectivity index (χ0n) is 8.78. The highest BCUT2D eigenvalue weighted by atomic mass is 15.3. The first-order chi connectivity index (χ1) is 6.61. The smallest absolute Gasteiger partial charge is 0.153 e. The molecule has 0 bridgehead atoms. The molecule has 0 saturated heterocycles. The van der Waals surface area contributed by atoms with E-state index in [9.17, 15) is 0 Å². The first kappa shape index (κ1) is 9.06. The molecule has 2 aromatic rings. The van der Waals surface area contributed by atoms with Gasteiger partial charge in [-0.15, -0.1) is 0 Å². The van der Waals surface area contributed by atoms with Gasteiger partial charge in [-0.3, -0.25) is 4.68 Å². The maximum Gasteiger partial charge on any atom is 0.153 e. The van der Waals surface area contributed by atoms with Gasteiger partial charge in [0.15, 0.2) is 5.82 Å². The van der Waals surface area contributed by atoms with Gasteiger partial charge >= 0.3 is 0 Å². The summed E-state index contributed by atoms with van der Waals surface area (Å²) >= 11 is 0. The average Bonchev–Trinajstić information content (AvgIpc) is 2.43. The standard InChI is InChI=1S/C11H15N3/c1-7(2)8-5-4-6-9-10(8)11(12)13-14(9)3/h4-7H,1-3H3,(H2,12,13). The third-order valence-corrected chi connectivity index (χ3v) is 2.56. The molecule has 0 saturated carbocycles. The molecule has 0 spiro atoms. The van der Waals surface area contributed by atoms with Crippen LogP contribution in [-0.2, 0) is 7.05 Å². The molecule has 1 heterocycles. The van der Waals surface area contributed by atoms with Gasteiger partial charge in [0, 0.05) is 12.4 Å². The fourth-order valence-electron chi connectivity index (χ4n) is 1.85. The monoisotopic (exact) mass is 189 g/mol. The lowest BCUT2D eigenvalue weighted by Gasteiger charge is -2.06. The molecule has 14 heavy (non-hydrogen) atoms. The Bertz CT molecular complexity index is 469. The second-order valence-electron chi connectivity index (χ2n) is 3.90. The second kappa shape index (κ2) is 3.01. The van der Waals surface area contributed by atoms with E-state index in [1.165, 1.54) is 5.56 Å². The maximum absolute atomic E-state index is 5.88. The van der Waals surface area contributed by atoms with Crippen molar-refractivity contribution in [2.24, 2.45) is 7.05 Å². The van der Waals surface area contributed by atoms with Crippen LogP contribution in [0.15, 0.2) is 18.2 Å². The van der Waals surface area contributed by atoms with E-state index in [-0.39, 0.29) is 0 Å². The molecule has 74 valence electrons. The van der Waals surface area contributed by atoms with Crippen LogP contribution in [0.25, 0.3) is 10.9 Å². The van der Waals surface area contributed by atoms with E-state index in [4.69, 9.17) is 5.73 Å². The minimum Gasteiger partial charge on any atom is -0.382 e. The van der Waals surface area contributed by atoms with Crippen LogP contribution >= 0.6 is 0 Å². The Kier molecular flexibility index (Phi) is 1.95. The van der Waals surface area contributed by atoms with Crippen LogP contribution in [0.5, 0.6) is 0 Å². The zero-order valence-corrected chi connectivity index (χ0v) is 8.78. The van der Waals surface area contributed by atoms with Crippen molar-refractivity contribution >= 4 is 16.7 Å². The zero-order chi connectivity index (χ0) is 10.3. The summed E-state index contributed by atoms with van der Waals surface area (Å²) < 4.78 is 1.83. The van der Waals surface area contributed by atoms with Crippen LogP contribution in [0, 0.1) is 0 Å². The van der Waals surface area contributed by atoms with Crippen molar-refractivity contribution < 1.29 is 0 Å².